The van der Waals surface area contributed by atoms with Gasteiger partial charge in [0, 0.05) is 11.4 Å². The highest BCUT2D eigenvalue weighted by atomic mass is 32.2. The van der Waals surface area contributed by atoms with Crippen LogP contribution in [0, 0.1) is 6.92 Å². The van der Waals surface area contributed by atoms with Crippen molar-refractivity contribution in [1.29, 1.82) is 0 Å². The van der Waals surface area contributed by atoms with E-state index in [1.165, 1.54) is 13.0 Å². The van der Waals surface area contributed by atoms with Crippen LogP contribution in [0.5, 0.6) is 0 Å². The Balaban J connectivity index is 2.38. The van der Waals surface area contributed by atoms with Crippen LogP contribution in [0.15, 0.2) is 33.3 Å². The lowest BCUT2D eigenvalue weighted by Crippen LogP contribution is -2.13. The summed E-state index contributed by atoms with van der Waals surface area (Å²) in [6, 6.07) is 3.80. The first-order valence-corrected chi connectivity index (χ1v) is 7.79. The first-order chi connectivity index (χ1) is 9.59. The number of hydrogen-bond donors (Lipinski definition) is 2. The number of sulfonamides is 1. The lowest BCUT2D eigenvalue weighted by atomic mass is 10.2. The molecule has 0 atom stereocenters. The third kappa shape index (κ3) is 3.45. The Morgan fingerprint density at radius 3 is 2.48 bits per heavy atom. The summed E-state index contributed by atoms with van der Waals surface area (Å²) in [6.07, 6.45) is -4.57. The number of hydrogen-bond acceptors (Lipinski definition) is 4. The van der Waals surface area contributed by atoms with Gasteiger partial charge in [-0.3, -0.25) is 9.52 Å². The number of aryl methyl sites for hydroxylation is 1. The summed E-state index contributed by atoms with van der Waals surface area (Å²) in [6.45, 7) is 1.39. The fraction of sp³-hybridized carbons (Fsp3) is 0.182. The van der Waals surface area contributed by atoms with Crippen LogP contribution in [0.4, 0.5) is 18.9 Å². The van der Waals surface area contributed by atoms with E-state index in [-0.39, 0.29) is 15.6 Å². The molecule has 5 nitrogen and oxygen atoms in total. The van der Waals surface area contributed by atoms with Gasteiger partial charge in [-0.2, -0.15) is 13.2 Å². The van der Waals surface area contributed by atoms with Gasteiger partial charge in [-0.25, -0.2) is 8.42 Å². The predicted octanol–water partition coefficient (Wildman–Crippen LogP) is 2.56. The normalized spacial score (nSPS) is 12.4. The molecular formula is C11H9F3N2O3S2. The third-order valence-electron chi connectivity index (χ3n) is 2.47. The van der Waals surface area contributed by atoms with Crippen LogP contribution in [0.1, 0.15) is 11.3 Å². The van der Waals surface area contributed by atoms with Crippen molar-refractivity contribution in [3.8, 4) is 0 Å². The topological polar surface area (TPSA) is 79.0 Å². The summed E-state index contributed by atoms with van der Waals surface area (Å²) in [4.78, 5) is 12.9. The van der Waals surface area contributed by atoms with Crippen molar-refractivity contribution >= 4 is 27.0 Å². The summed E-state index contributed by atoms with van der Waals surface area (Å²) >= 11 is 0.466. The first-order valence-electron chi connectivity index (χ1n) is 5.49. The van der Waals surface area contributed by atoms with Gasteiger partial charge >= 0.3 is 11.0 Å². The molecule has 0 bridgehead atoms. The van der Waals surface area contributed by atoms with Gasteiger partial charge in [-0.1, -0.05) is 17.4 Å². The number of alkyl halides is 3. The zero-order valence-electron chi connectivity index (χ0n) is 10.5. The summed E-state index contributed by atoms with van der Waals surface area (Å²) in [7, 11) is -4.12. The molecule has 0 aliphatic carbocycles. The van der Waals surface area contributed by atoms with E-state index in [4.69, 9.17) is 0 Å². The molecule has 0 spiro atoms. The lowest BCUT2D eigenvalue weighted by Gasteiger charge is -2.10. The highest BCUT2D eigenvalue weighted by Gasteiger charge is 2.31. The average molecular weight is 338 g/mol. The number of aromatic nitrogens is 1. The molecule has 2 aromatic rings. The largest absolute Gasteiger partial charge is 0.416 e. The number of benzene rings is 1. The minimum absolute atomic E-state index is 0.129. The van der Waals surface area contributed by atoms with E-state index in [0.717, 1.165) is 12.1 Å². The minimum Gasteiger partial charge on any atom is -0.315 e. The van der Waals surface area contributed by atoms with Gasteiger partial charge in [0.05, 0.1) is 5.56 Å². The third-order valence-corrected chi connectivity index (χ3v) is 5.45. The maximum Gasteiger partial charge on any atom is 0.416 e. The second-order valence-electron chi connectivity index (χ2n) is 4.11. The van der Waals surface area contributed by atoms with E-state index >= 15 is 0 Å². The van der Waals surface area contributed by atoms with Crippen molar-refractivity contribution < 1.29 is 21.6 Å². The van der Waals surface area contributed by atoms with Crippen LogP contribution in [0.2, 0.25) is 0 Å². The molecule has 0 unspecified atom stereocenters. The quantitative estimate of drug-likeness (QED) is 0.903. The maximum atomic E-state index is 12.6. The summed E-state index contributed by atoms with van der Waals surface area (Å²) < 4.78 is 63.6. The molecule has 2 N–H and O–H groups in total. The van der Waals surface area contributed by atoms with Crippen molar-refractivity contribution in [3.63, 3.8) is 0 Å². The standard InChI is InChI=1S/C11H9F3N2O3S2/c1-6-9(20-10(17)15-6)21(18,19)16-8-4-2-3-7(5-8)11(12,13)14/h2-5,16H,1H3,(H,15,17). The number of aromatic amines is 1. The fourth-order valence-corrected chi connectivity index (χ4v) is 3.96. The summed E-state index contributed by atoms with van der Waals surface area (Å²) in [5.74, 6) is 0. The first kappa shape index (κ1) is 15.6. The Bertz CT molecular complexity index is 822. The van der Waals surface area contributed by atoms with E-state index in [9.17, 15) is 26.4 Å². The molecule has 2 rings (SSSR count). The van der Waals surface area contributed by atoms with Crippen molar-refractivity contribution in [3.05, 3.63) is 45.2 Å². The van der Waals surface area contributed by atoms with Crippen LogP contribution in [0.25, 0.3) is 0 Å². The lowest BCUT2D eigenvalue weighted by molar-refractivity contribution is -0.137. The van der Waals surface area contributed by atoms with Crippen molar-refractivity contribution in [2.24, 2.45) is 0 Å². The number of halogens is 3. The van der Waals surface area contributed by atoms with Gasteiger partial charge in [0.1, 0.15) is 0 Å². The molecule has 0 radical (unpaired) electrons. The number of anilines is 1. The summed E-state index contributed by atoms with van der Waals surface area (Å²) in [5, 5.41) is 0. The molecule has 0 saturated heterocycles. The molecule has 1 heterocycles. The molecule has 0 aliphatic rings. The minimum atomic E-state index is -4.57. The average Bonchev–Trinajstić information content (AvgIpc) is 2.68. The van der Waals surface area contributed by atoms with Gasteiger partial charge in [-0.05, 0) is 25.1 Å². The Labute approximate surface area is 121 Å². The zero-order chi connectivity index (χ0) is 15.8. The molecule has 0 saturated carbocycles. The van der Waals surface area contributed by atoms with E-state index in [2.05, 4.69) is 4.98 Å². The molecule has 1 aromatic heterocycles. The monoisotopic (exact) mass is 338 g/mol. The number of nitrogens with one attached hydrogen (secondary N) is 2. The van der Waals surface area contributed by atoms with Crippen LogP contribution < -0.4 is 9.60 Å². The molecule has 10 heteroatoms. The molecular weight excluding hydrogens is 329 g/mol. The highest BCUT2D eigenvalue weighted by molar-refractivity contribution is 7.94. The Kier molecular flexibility index (Phi) is 3.85. The molecule has 0 amide bonds. The molecule has 0 aliphatic heterocycles. The molecule has 21 heavy (non-hydrogen) atoms. The molecule has 114 valence electrons. The molecule has 1 aromatic carbocycles. The number of H-pyrrole nitrogens is 1. The second-order valence-corrected chi connectivity index (χ2v) is 6.97. The van der Waals surface area contributed by atoms with E-state index in [0.29, 0.717) is 17.4 Å². The van der Waals surface area contributed by atoms with E-state index in [1.807, 2.05) is 4.72 Å². The molecule has 0 fully saturated rings. The van der Waals surface area contributed by atoms with E-state index in [1.54, 1.807) is 0 Å². The fourth-order valence-electron chi connectivity index (χ4n) is 1.61. The maximum absolute atomic E-state index is 12.6. The number of rotatable bonds is 3. The Hall–Kier alpha value is -1.81. The van der Waals surface area contributed by atoms with Crippen molar-refractivity contribution in [1.82, 2.24) is 4.98 Å². The van der Waals surface area contributed by atoms with Gasteiger partial charge in [0.15, 0.2) is 4.21 Å². The predicted molar refractivity (Wildman–Crippen MR) is 71.9 cm³/mol. The zero-order valence-corrected chi connectivity index (χ0v) is 12.1. The van der Waals surface area contributed by atoms with Gasteiger partial charge in [0.25, 0.3) is 10.0 Å². The van der Waals surface area contributed by atoms with E-state index < -0.39 is 26.6 Å². The highest BCUT2D eigenvalue weighted by Crippen LogP contribution is 2.31. The number of thiazole rings is 1. The Morgan fingerprint density at radius 2 is 1.95 bits per heavy atom. The van der Waals surface area contributed by atoms with Crippen LogP contribution >= 0.6 is 11.3 Å². The summed E-state index contributed by atoms with van der Waals surface area (Å²) in [5.41, 5.74) is -1.07. The SMILES string of the molecule is Cc1[nH]c(=O)sc1S(=O)(=O)Nc1cccc(C(F)(F)F)c1. The van der Waals surface area contributed by atoms with Crippen molar-refractivity contribution in [2.45, 2.75) is 17.3 Å². The smallest absolute Gasteiger partial charge is 0.315 e. The van der Waals surface area contributed by atoms with Gasteiger partial charge in [0.2, 0.25) is 0 Å². The van der Waals surface area contributed by atoms with Crippen molar-refractivity contribution in [2.75, 3.05) is 4.72 Å². The van der Waals surface area contributed by atoms with Gasteiger partial charge < -0.3 is 4.98 Å². The van der Waals surface area contributed by atoms with Crippen LogP contribution in [-0.4, -0.2) is 13.4 Å². The van der Waals surface area contributed by atoms with Gasteiger partial charge in [-0.15, -0.1) is 0 Å². The van der Waals surface area contributed by atoms with Crippen LogP contribution in [0.3, 0.4) is 0 Å². The second kappa shape index (κ2) is 5.19. The van der Waals surface area contributed by atoms with Crippen LogP contribution in [-0.2, 0) is 16.2 Å². The Morgan fingerprint density at radius 1 is 1.29 bits per heavy atom.